The molecule has 0 aromatic heterocycles. The molecule has 128 valence electrons. The van der Waals surface area contributed by atoms with Gasteiger partial charge in [-0.1, -0.05) is 11.6 Å². The highest BCUT2D eigenvalue weighted by Gasteiger charge is 2.12. The Morgan fingerprint density at radius 3 is 2.62 bits per heavy atom. The van der Waals surface area contributed by atoms with E-state index in [0.717, 1.165) is 0 Å². The van der Waals surface area contributed by atoms with Gasteiger partial charge in [0.1, 0.15) is 0 Å². The second kappa shape index (κ2) is 7.87. The van der Waals surface area contributed by atoms with Gasteiger partial charge in [0.05, 0.1) is 22.2 Å². The molecule has 0 aliphatic rings. The van der Waals surface area contributed by atoms with Crippen molar-refractivity contribution in [2.45, 2.75) is 11.8 Å². The molecule has 0 spiro atoms. The minimum atomic E-state index is -3.78. The smallest absolute Gasteiger partial charge is 0.276 e. The molecular weight excluding hydrogens is 420 g/mol. The zero-order chi connectivity index (χ0) is 17.7. The molecule has 0 amide bonds. The molecule has 0 aliphatic heterocycles. The third kappa shape index (κ3) is 4.62. The van der Waals surface area contributed by atoms with Crippen molar-refractivity contribution in [2.24, 2.45) is 5.10 Å². The fourth-order valence-electron chi connectivity index (χ4n) is 1.77. The Balaban J connectivity index is 2.18. The molecule has 0 bridgehead atoms. The quantitative estimate of drug-likeness (QED) is 0.539. The van der Waals surface area contributed by atoms with Crippen LogP contribution in [0.3, 0.4) is 0 Å². The second-order valence-corrected chi connectivity index (χ2v) is 7.54. The predicted octanol–water partition coefficient (Wildman–Crippen LogP) is 3.52. The summed E-state index contributed by atoms with van der Waals surface area (Å²) in [5.41, 5.74) is 0.543. The molecular formula is C15H14BrClN2O4S. The average Bonchev–Trinajstić information content (AvgIpc) is 2.52. The number of halogens is 2. The minimum Gasteiger partial charge on any atom is -0.503 e. The lowest BCUT2D eigenvalue weighted by atomic mass is 10.2. The van der Waals surface area contributed by atoms with Crippen molar-refractivity contribution in [3.05, 3.63) is 51.5 Å². The largest absolute Gasteiger partial charge is 0.503 e. The highest BCUT2D eigenvalue weighted by molar-refractivity contribution is 9.10. The summed E-state index contributed by atoms with van der Waals surface area (Å²) in [5, 5.41) is 14.0. The van der Waals surface area contributed by atoms with Gasteiger partial charge in [-0.2, -0.15) is 13.5 Å². The summed E-state index contributed by atoms with van der Waals surface area (Å²) < 4.78 is 29.9. The lowest BCUT2D eigenvalue weighted by Gasteiger charge is -2.08. The average molecular weight is 434 g/mol. The van der Waals surface area contributed by atoms with Gasteiger partial charge in [-0.3, -0.25) is 0 Å². The number of phenolic OH excluding ortho intramolecular Hbond substituents is 1. The Morgan fingerprint density at radius 1 is 1.33 bits per heavy atom. The Hall–Kier alpha value is -1.77. The van der Waals surface area contributed by atoms with Crippen LogP contribution in [0.15, 0.2) is 50.9 Å². The summed E-state index contributed by atoms with van der Waals surface area (Å²) in [6, 6.07) is 8.84. The van der Waals surface area contributed by atoms with Crippen LogP contribution in [0, 0.1) is 0 Å². The molecule has 0 fully saturated rings. The van der Waals surface area contributed by atoms with Gasteiger partial charge in [-0.25, -0.2) is 4.83 Å². The number of aromatic hydroxyl groups is 1. The SMILES string of the molecule is CCOc1cc(/C=N/NS(=O)(=O)c2ccc(Cl)cc2)cc(Br)c1O. The minimum absolute atomic E-state index is 0.0317. The zero-order valence-electron chi connectivity index (χ0n) is 12.5. The lowest BCUT2D eigenvalue weighted by molar-refractivity contribution is 0.317. The van der Waals surface area contributed by atoms with E-state index in [1.54, 1.807) is 19.1 Å². The molecule has 0 atom stereocenters. The van der Waals surface area contributed by atoms with Gasteiger partial charge in [0.2, 0.25) is 0 Å². The fourth-order valence-corrected chi connectivity index (χ4v) is 3.15. The monoisotopic (exact) mass is 432 g/mol. The van der Waals surface area contributed by atoms with E-state index in [2.05, 4.69) is 25.9 Å². The van der Waals surface area contributed by atoms with Gasteiger partial charge in [0.25, 0.3) is 10.0 Å². The summed E-state index contributed by atoms with van der Waals surface area (Å²) in [7, 11) is -3.78. The van der Waals surface area contributed by atoms with Crippen LogP contribution in [-0.2, 0) is 10.0 Å². The lowest BCUT2D eigenvalue weighted by Crippen LogP contribution is -2.18. The van der Waals surface area contributed by atoms with Crippen molar-refractivity contribution in [3.63, 3.8) is 0 Å². The van der Waals surface area contributed by atoms with Crippen LogP contribution in [0.4, 0.5) is 0 Å². The molecule has 2 aromatic rings. The number of ether oxygens (including phenoxy) is 1. The first kappa shape index (κ1) is 18.6. The molecule has 0 saturated carbocycles. The summed E-state index contributed by atoms with van der Waals surface area (Å²) in [6.07, 6.45) is 1.31. The number of rotatable bonds is 6. The zero-order valence-corrected chi connectivity index (χ0v) is 15.7. The summed E-state index contributed by atoms with van der Waals surface area (Å²) in [6.45, 7) is 2.16. The Bertz CT molecular complexity index is 855. The molecule has 0 radical (unpaired) electrons. The van der Waals surface area contributed by atoms with Crippen LogP contribution in [0.25, 0.3) is 0 Å². The van der Waals surface area contributed by atoms with E-state index in [-0.39, 0.29) is 16.4 Å². The molecule has 6 nitrogen and oxygen atoms in total. The van der Waals surface area contributed by atoms with Crippen LogP contribution < -0.4 is 9.57 Å². The van der Waals surface area contributed by atoms with Gasteiger partial charge >= 0.3 is 0 Å². The van der Waals surface area contributed by atoms with Crippen molar-refractivity contribution in [3.8, 4) is 11.5 Å². The highest BCUT2D eigenvalue weighted by atomic mass is 79.9. The van der Waals surface area contributed by atoms with Crippen molar-refractivity contribution in [1.82, 2.24) is 4.83 Å². The maximum Gasteiger partial charge on any atom is 0.276 e. The molecule has 2 N–H and O–H groups in total. The number of benzene rings is 2. The molecule has 0 heterocycles. The summed E-state index contributed by atoms with van der Waals surface area (Å²) in [5.74, 6) is 0.240. The Morgan fingerprint density at radius 2 is 2.00 bits per heavy atom. The van der Waals surface area contributed by atoms with Gasteiger partial charge in [-0.05, 0) is 64.8 Å². The normalized spacial score (nSPS) is 11.6. The number of nitrogens with zero attached hydrogens (tertiary/aromatic N) is 1. The number of phenols is 1. The van der Waals surface area contributed by atoms with E-state index in [9.17, 15) is 13.5 Å². The van der Waals surface area contributed by atoms with Crippen LogP contribution >= 0.6 is 27.5 Å². The van der Waals surface area contributed by atoms with E-state index in [1.165, 1.54) is 30.5 Å². The second-order valence-electron chi connectivity index (χ2n) is 4.59. The van der Waals surface area contributed by atoms with Gasteiger partial charge < -0.3 is 9.84 Å². The number of nitrogens with one attached hydrogen (secondary N) is 1. The predicted molar refractivity (Wildman–Crippen MR) is 96.3 cm³/mol. The van der Waals surface area contributed by atoms with Crippen LogP contribution in [-0.4, -0.2) is 26.3 Å². The van der Waals surface area contributed by atoms with Crippen LogP contribution in [0.2, 0.25) is 5.02 Å². The number of hydrogen-bond donors (Lipinski definition) is 2. The maximum atomic E-state index is 12.1. The molecule has 2 aromatic carbocycles. The number of hydrazone groups is 1. The first-order chi connectivity index (χ1) is 11.3. The molecule has 2 rings (SSSR count). The first-order valence-electron chi connectivity index (χ1n) is 6.79. The van der Waals surface area contributed by atoms with Crippen molar-refractivity contribution >= 4 is 43.8 Å². The fraction of sp³-hybridized carbons (Fsp3) is 0.133. The number of sulfonamides is 1. The van der Waals surface area contributed by atoms with Gasteiger partial charge in [-0.15, -0.1) is 0 Å². The molecule has 0 aliphatic carbocycles. The van der Waals surface area contributed by atoms with E-state index in [0.29, 0.717) is 21.7 Å². The number of hydrogen-bond acceptors (Lipinski definition) is 5. The third-order valence-electron chi connectivity index (χ3n) is 2.86. The van der Waals surface area contributed by atoms with Crippen molar-refractivity contribution in [1.29, 1.82) is 0 Å². The Kier molecular flexibility index (Phi) is 6.09. The van der Waals surface area contributed by atoms with Gasteiger partial charge in [0, 0.05) is 5.02 Å². The molecule has 9 heteroatoms. The van der Waals surface area contributed by atoms with Crippen LogP contribution in [0.5, 0.6) is 11.5 Å². The maximum absolute atomic E-state index is 12.1. The van der Waals surface area contributed by atoms with Crippen molar-refractivity contribution in [2.75, 3.05) is 6.61 Å². The van der Waals surface area contributed by atoms with Gasteiger partial charge in [0.15, 0.2) is 11.5 Å². The summed E-state index contributed by atoms with van der Waals surface area (Å²) in [4.78, 5) is 2.16. The molecule has 0 saturated heterocycles. The van der Waals surface area contributed by atoms with E-state index >= 15 is 0 Å². The van der Waals surface area contributed by atoms with E-state index in [4.69, 9.17) is 16.3 Å². The van der Waals surface area contributed by atoms with Crippen LogP contribution in [0.1, 0.15) is 12.5 Å². The summed E-state index contributed by atoms with van der Waals surface area (Å²) >= 11 is 8.93. The first-order valence-corrected chi connectivity index (χ1v) is 9.44. The van der Waals surface area contributed by atoms with E-state index < -0.39 is 10.0 Å². The van der Waals surface area contributed by atoms with Crippen molar-refractivity contribution < 1.29 is 18.3 Å². The Labute approximate surface area is 153 Å². The third-order valence-corrected chi connectivity index (χ3v) is 4.96. The topological polar surface area (TPSA) is 88.0 Å². The van der Waals surface area contributed by atoms with E-state index in [1.807, 2.05) is 0 Å². The molecule has 0 unspecified atom stereocenters. The molecule has 24 heavy (non-hydrogen) atoms. The highest BCUT2D eigenvalue weighted by Crippen LogP contribution is 2.35. The standard InChI is InChI=1S/C15H14BrClN2O4S/c1-2-23-14-8-10(7-13(16)15(14)20)9-18-19-24(21,22)12-5-3-11(17)4-6-12/h3-9,19-20H,2H2,1H3/b18-9+.